The van der Waals surface area contributed by atoms with Gasteiger partial charge in [0.25, 0.3) is 0 Å². The molecule has 0 saturated heterocycles. The summed E-state index contributed by atoms with van der Waals surface area (Å²) in [6, 6.07) is 5.59. The van der Waals surface area contributed by atoms with Crippen LogP contribution in [0.4, 0.5) is 5.69 Å². The fourth-order valence-electron chi connectivity index (χ4n) is 1.43. The third-order valence-electron chi connectivity index (χ3n) is 2.46. The Morgan fingerprint density at radius 3 is 2.84 bits per heavy atom. The van der Waals surface area contributed by atoms with Gasteiger partial charge in [0.1, 0.15) is 0 Å². The summed E-state index contributed by atoms with van der Waals surface area (Å²) in [6.07, 6.45) is 0.519. The number of carbonyl (C=O) groups is 2. The van der Waals surface area contributed by atoms with Crippen molar-refractivity contribution in [1.29, 1.82) is 0 Å². The lowest BCUT2D eigenvalue weighted by atomic mass is 10.2. The van der Waals surface area contributed by atoms with Crippen LogP contribution in [0.15, 0.2) is 23.1 Å². The molecule has 0 spiro atoms. The standard InChI is InChI=1S/C13H18N2O3S/c1-9-4-5-10(14)7-11(9)19-8-12(16)15-6-2-3-13(17)18/h4-5,7H,2-3,6,8,14H2,1H3,(H,15,16)(H,17,18). The van der Waals surface area contributed by atoms with E-state index in [9.17, 15) is 9.59 Å². The number of hydrogen-bond donors (Lipinski definition) is 3. The van der Waals surface area contributed by atoms with Gasteiger partial charge in [0.05, 0.1) is 5.75 Å². The molecule has 0 aromatic heterocycles. The maximum absolute atomic E-state index is 11.5. The molecule has 6 heteroatoms. The molecule has 1 rings (SSSR count). The highest BCUT2D eigenvalue weighted by atomic mass is 32.2. The first-order valence-corrected chi connectivity index (χ1v) is 6.95. The smallest absolute Gasteiger partial charge is 0.303 e. The summed E-state index contributed by atoms with van der Waals surface area (Å²) in [4.78, 5) is 22.8. The van der Waals surface area contributed by atoms with Crippen molar-refractivity contribution in [2.24, 2.45) is 0 Å². The van der Waals surface area contributed by atoms with Gasteiger partial charge >= 0.3 is 5.97 Å². The molecule has 4 N–H and O–H groups in total. The van der Waals surface area contributed by atoms with Crippen LogP contribution in [0.3, 0.4) is 0 Å². The van der Waals surface area contributed by atoms with E-state index >= 15 is 0 Å². The number of carboxylic acid groups (broad SMARTS) is 1. The normalized spacial score (nSPS) is 10.2. The molecule has 5 nitrogen and oxygen atoms in total. The molecule has 0 fully saturated rings. The second-order valence-electron chi connectivity index (χ2n) is 4.16. The minimum Gasteiger partial charge on any atom is -0.481 e. The van der Waals surface area contributed by atoms with Gasteiger partial charge in [0.15, 0.2) is 0 Å². The maximum atomic E-state index is 11.5. The van der Waals surface area contributed by atoms with E-state index in [1.54, 1.807) is 0 Å². The largest absolute Gasteiger partial charge is 0.481 e. The third kappa shape index (κ3) is 6.15. The van der Waals surface area contributed by atoms with Gasteiger partial charge < -0.3 is 16.2 Å². The van der Waals surface area contributed by atoms with Crippen molar-refractivity contribution in [1.82, 2.24) is 5.32 Å². The topological polar surface area (TPSA) is 92.4 Å². The van der Waals surface area contributed by atoms with Crippen molar-refractivity contribution < 1.29 is 14.7 Å². The second kappa shape index (κ2) is 7.68. The van der Waals surface area contributed by atoms with Gasteiger partial charge in [0, 0.05) is 23.5 Å². The van der Waals surface area contributed by atoms with E-state index in [1.165, 1.54) is 11.8 Å². The first kappa shape index (κ1) is 15.4. The van der Waals surface area contributed by atoms with Gasteiger partial charge in [-0.3, -0.25) is 9.59 Å². The molecule has 104 valence electrons. The number of hydrogen-bond acceptors (Lipinski definition) is 4. The number of nitrogen functional groups attached to an aromatic ring is 1. The van der Waals surface area contributed by atoms with Crippen molar-refractivity contribution >= 4 is 29.3 Å². The number of amides is 1. The maximum Gasteiger partial charge on any atom is 0.303 e. The van der Waals surface area contributed by atoms with Crippen molar-refractivity contribution in [2.45, 2.75) is 24.7 Å². The molecule has 19 heavy (non-hydrogen) atoms. The number of nitrogens with two attached hydrogens (primary N) is 1. The Morgan fingerprint density at radius 1 is 1.42 bits per heavy atom. The molecular weight excluding hydrogens is 264 g/mol. The molecule has 0 aliphatic carbocycles. The highest BCUT2D eigenvalue weighted by Crippen LogP contribution is 2.24. The van der Waals surface area contributed by atoms with Crippen molar-refractivity contribution in [2.75, 3.05) is 18.0 Å². The summed E-state index contributed by atoms with van der Waals surface area (Å²) in [5, 5.41) is 11.1. The molecule has 1 amide bonds. The van der Waals surface area contributed by atoms with Crippen LogP contribution in [0.2, 0.25) is 0 Å². The number of carboxylic acids is 1. The Bertz CT molecular complexity index is 463. The van der Waals surface area contributed by atoms with E-state index in [1.807, 2.05) is 25.1 Å². The predicted octanol–water partition coefficient (Wildman–Crippen LogP) is 1.65. The van der Waals surface area contributed by atoms with E-state index < -0.39 is 5.97 Å². The quantitative estimate of drug-likeness (QED) is 0.402. The number of carbonyl (C=O) groups excluding carboxylic acids is 1. The Morgan fingerprint density at radius 2 is 2.16 bits per heavy atom. The van der Waals surface area contributed by atoms with Crippen molar-refractivity contribution in [3.63, 3.8) is 0 Å². The fraction of sp³-hybridized carbons (Fsp3) is 0.385. The Balaban J connectivity index is 2.30. The Kier molecular flexibility index (Phi) is 6.21. The molecule has 0 heterocycles. The van der Waals surface area contributed by atoms with E-state index in [0.717, 1.165) is 10.5 Å². The molecule has 1 aromatic carbocycles. The van der Waals surface area contributed by atoms with E-state index in [-0.39, 0.29) is 12.3 Å². The summed E-state index contributed by atoms with van der Waals surface area (Å²) in [6.45, 7) is 2.36. The summed E-state index contributed by atoms with van der Waals surface area (Å²) in [7, 11) is 0. The van der Waals surface area contributed by atoms with Crippen LogP contribution in [0.25, 0.3) is 0 Å². The molecule has 0 aliphatic heterocycles. The average Bonchev–Trinajstić information content (AvgIpc) is 2.35. The number of anilines is 1. The monoisotopic (exact) mass is 282 g/mol. The van der Waals surface area contributed by atoms with Crippen LogP contribution in [0, 0.1) is 6.92 Å². The van der Waals surface area contributed by atoms with E-state index in [0.29, 0.717) is 24.4 Å². The molecule has 0 bridgehead atoms. The van der Waals surface area contributed by atoms with Gasteiger partial charge in [-0.05, 0) is 31.0 Å². The number of aryl methyl sites for hydroxylation is 1. The zero-order valence-electron chi connectivity index (χ0n) is 10.8. The molecule has 0 unspecified atom stereocenters. The van der Waals surface area contributed by atoms with Crippen LogP contribution < -0.4 is 11.1 Å². The molecule has 1 aromatic rings. The van der Waals surface area contributed by atoms with Gasteiger partial charge in [-0.2, -0.15) is 0 Å². The van der Waals surface area contributed by atoms with Crippen molar-refractivity contribution in [3.8, 4) is 0 Å². The van der Waals surface area contributed by atoms with Gasteiger partial charge in [-0.25, -0.2) is 0 Å². The Hall–Kier alpha value is -1.69. The number of benzene rings is 1. The number of rotatable bonds is 7. The second-order valence-corrected chi connectivity index (χ2v) is 5.18. The average molecular weight is 282 g/mol. The zero-order valence-corrected chi connectivity index (χ0v) is 11.6. The van der Waals surface area contributed by atoms with E-state index in [2.05, 4.69) is 5.32 Å². The summed E-state index contributed by atoms with van der Waals surface area (Å²) >= 11 is 1.43. The molecule has 0 aliphatic rings. The lowest BCUT2D eigenvalue weighted by molar-refractivity contribution is -0.137. The zero-order chi connectivity index (χ0) is 14.3. The van der Waals surface area contributed by atoms with Gasteiger partial charge in [0.2, 0.25) is 5.91 Å². The van der Waals surface area contributed by atoms with Gasteiger partial charge in [-0.15, -0.1) is 11.8 Å². The van der Waals surface area contributed by atoms with E-state index in [4.69, 9.17) is 10.8 Å². The van der Waals surface area contributed by atoms with Crippen LogP contribution in [0.1, 0.15) is 18.4 Å². The number of aliphatic carboxylic acids is 1. The third-order valence-corrected chi connectivity index (χ3v) is 3.62. The fourth-order valence-corrected chi connectivity index (χ4v) is 2.34. The summed E-state index contributed by atoms with van der Waals surface area (Å²) in [5.74, 6) is -0.645. The van der Waals surface area contributed by atoms with Crippen molar-refractivity contribution in [3.05, 3.63) is 23.8 Å². The summed E-state index contributed by atoms with van der Waals surface area (Å²) < 4.78 is 0. The predicted molar refractivity (Wildman–Crippen MR) is 76.2 cm³/mol. The molecule has 0 radical (unpaired) electrons. The van der Waals surface area contributed by atoms with Crippen LogP contribution in [0.5, 0.6) is 0 Å². The SMILES string of the molecule is Cc1ccc(N)cc1SCC(=O)NCCCC(=O)O. The van der Waals surface area contributed by atoms with Gasteiger partial charge in [-0.1, -0.05) is 6.07 Å². The minimum atomic E-state index is -0.848. The van der Waals surface area contributed by atoms with Crippen LogP contribution >= 0.6 is 11.8 Å². The Labute approximate surface area is 116 Å². The first-order valence-electron chi connectivity index (χ1n) is 5.96. The summed E-state index contributed by atoms with van der Waals surface area (Å²) in [5.41, 5.74) is 7.45. The lowest BCUT2D eigenvalue weighted by Gasteiger charge is -2.07. The van der Waals surface area contributed by atoms with Crippen LogP contribution in [-0.2, 0) is 9.59 Å². The molecular formula is C13H18N2O3S. The first-order chi connectivity index (χ1) is 8.99. The number of thioether (sulfide) groups is 1. The highest BCUT2D eigenvalue weighted by Gasteiger charge is 2.05. The van der Waals surface area contributed by atoms with Crippen LogP contribution in [-0.4, -0.2) is 29.3 Å². The highest BCUT2D eigenvalue weighted by molar-refractivity contribution is 8.00. The lowest BCUT2D eigenvalue weighted by Crippen LogP contribution is -2.26. The number of nitrogens with one attached hydrogen (secondary N) is 1. The minimum absolute atomic E-state index is 0.0712. The molecule has 0 atom stereocenters. The molecule has 0 saturated carbocycles.